The van der Waals surface area contributed by atoms with Gasteiger partial charge in [0.25, 0.3) is 5.91 Å². The second-order valence-electron chi connectivity index (χ2n) is 6.15. The van der Waals surface area contributed by atoms with Crippen LogP contribution in [-0.2, 0) is 22.6 Å². The number of rotatable bonds is 6. The van der Waals surface area contributed by atoms with Gasteiger partial charge in [-0.25, -0.2) is 0 Å². The van der Waals surface area contributed by atoms with E-state index in [2.05, 4.69) is 12.1 Å². The lowest BCUT2D eigenvalue weighted by Gasteiger charge is -2.29. The molecule has 132 valence electrons. The van der Waals surface area contributed by atoms with E-state index in [0.29, 0.717) is 24.7 Å². The van der Waals surface area contributed by atoms with Crippen LogP contribution in [0.15, 0.2) is 48.5 Å². The van der Waals surface area contributed by atoms with Gasteiger partial charge in [-0.1, -0.05) is 30.3 Å². The molecule has 2 aromatic rings. The fraction of sp³-hybridized carbons (Fsp3) is 0.350. The van der Waals surface area contributed by atoms with Gasteiger partial charge in [-0.15, -0.1) is 0 Å². The number of carbonyl (C=O) groups excluding carboxylic acids is 1. The molecule has 1 heterocycles. The molecular formula is C20H23NO4. The Morgan fingerprint density at radius 3 is 2.72 bits per heavy atom. The van der Waals surface area contributed by atoms with Gasteiger partial charge in [-0.3, -0.25) is 4.79 Å². The summed E-state index contributed by atoms with van der Waals surface area (Å²) in [5, 5.41) is 0. The molecule has 0 aliphatic carbocycles. The maximum absolute atomic E-state index is 12.3. The van der Waals surface area contributed by atoms with E-state index in [1.807, 2.05) is 24.3 Å². The number of fused-ring (bicyclic) bond motifs is 1. The van der Waals surface area contributed by atoms with Crippen molar-refractivity contribution in [1.82, 2.24) is 4.90 Å². The summed E-state index contributed by atoms with van der Waals surface area (Å²) in [5.41, 5.74) is 2.53. The van der Waals surface area contributed by atoms with Crippen LogP contribution in [0.5, 0.6) is 11.5 Å². The molecule has 1 aliphatic heterocycles. The summed E-state index contributed by atoms with van der Waals surface area (Å²) < 4.78 is 16.6. The predicted octanol–water partition coefficient (Wildman–Crippen LogP) is 2.67. The summed E-state index contributed by atoms with van der Waals surface area (Å²) >= 11 is 0. The van der Waals surface area contributed by atoms with Crippen molar-refractivity contribution in [2.24, 2.45) is 0 Å². The molecule has 1 atom stereocenters. The first kappa shape index (κ1) is 17.3. The average Bonchev–Trinajstić information content (AvgIpc) is 2.66. The molecule has 0 fully saturated rings. The Morgan fingerprint density at radius 1 is 1.16 bits per heavy atom. The number of hydrogen-bond acceptors (Lipinski definition) is 4. The molecule has 0 saturated heterocycles. The highest BCUT2D eigenvalue weighted by molar-refractivity contribution is 5.77. The van der Waals surface area contributed by atoms with Crippen LogP contribution in [0.1, 0.15) is 11.1 Å². The topological polar surface area (TPSA) is 48.0 Å². The van der Waals surface area contributed by atoms with Gasteiger partial charge in [0.2, 0.25) is 0 Å². The number of hydrogen-bond donors (Lipinski definition) is 0. The van der Waals surface area contributed by atoms with E-state index < -0.39 is 0 Å². The number of likely N-dealkylation sites (N-methyl/N-ethyl adjacent to an activating group) is 1. The Morgan fingerprint density at radius 2 is 1.92 bits per heavy atom. The zero-order valence-corrected chi connectivity index (χ0v) is 14.6. The van der Waals surface area contributed by atoms with Crippen LogP contribution in [-0.4, -0.2) is 44.2 Å². The van der Waals surface area contributed by atoms with E-state index in [1.54, 1.807) is 31.2 Å². The molecule has 25 heavy (non-hydrogen) atoms. The van der Waals surface area contributed by atoms with Crippen LogP contribution in [0.4, 0.5) is 0 Å². The second kappa shape index (κ2) is 8.03. The van der Waals surface area contributed by atoms with Crippen LogP contribution in [0.2, 0.25) is 0 Å². The van der Waals surface area contributed by atoms with E-state index in [-0.39, 0.29) is 18.6 Å². The minimum absolute atomic E-state index is 0.00697. The molecule has 2 aromatic carbocycles. The van der Waals surface area contributed by atoms with Crippen molar-refractivity contribution in [3.8, 4) is 11.5 Å². The molecule has 5 heteroatoms. The first-order valence-electron chi connectivity index (χ1n) is 8.35. The summed E-state index contributed by atoms with van der Waals surface area (Å²) in [6.07, 6.45) is 0.838. The summed E-state index contributed by atoms with van der Waals surface area (Å²) in [6.45, 7) is 1.14. The van der Waals surface area contributed by atoms with Crippen molar-refractivity contribution in [3.05, 3.63) is 59.7 Å². The summed E-state index contributed by atoms with van der Waals surface area (Å²) in [5.74, 6) is 1.24. The van der Waals surface area contributed by atoms with Gasteiger partial charge in [0, 0.05) is 26.1 Å². The standard InChI is InChI=1S/C20H23NO4/c1-21(12-19-10-15-6-3-4-7-16(15)13-24-19)20(22)14-25-18-9-5-8-17(11-18)23-2/h3-9,11,19H,10,12-14H2,1-2H3. The highest BCUT2D eigenvalue weighted by atomic mass is 16.5. The molecule has 0 spiro atoms. The van der Waals surface area contributed by atoms with Gasteiger partial charge in [-0.2, -0.15) is 0 Å². The first-order valence-corrected chi connectivity index (χ1v) is 8.35. The minimum atomic E-state index is -0.0784. The van der Waals surface area contributed by atoms with Gasteiger partial charge < -0.3 is 19.1 Å². The molecule has 0 radical (unpaired) electrons. The van der Waals surface area contributed by atoms with Crippen LogP contribution < -0.4 is 9.47 Å². The third-order valence-corrected chi connectivity index (χ3v) is 4.35. The molecule has 1 unspecified atom stereocenters. The quantitative estimate of drug-likeness (QED) is 0.810. The monoisotopic (exact) mass is 341 g/mol. The highest BCUT2D eigenvalue weighted by Gasteiger charge is 2.22. The number of nitrogens with zero attached hydrogens (tertiary/aromatic N) is 1. The molecule has 5 nitrogen and oxygen atoms in total. The fourth-order valence-corrected chi connectivity index (χ4v) is 2.88. The summed E-state index contributed by atoms with van der Waals surface area (Å²) in [7, 11) is 3.38. The number of amides is 1. The average molecular weight is 341 g/mol. The van der Waals surface area contributed by atoms with Gasteiger partial charge in [0.1, 0.15) is 11.5 Å². The Hall–Kier alpha value is -2.53. The van der Waals surface area contributed by atoms with Gasteiger partial charge >= 0.3 is 0 Å². The minimum Gasteiger partial charge on any atom is -0.497 e. The van der Waals surface area contributed by atoms with Gasteiger partial charge in [-0.05, 0) is 23.3 Å². The second-order valence-corrected chi connectivity index (χ2v) is 6.15. The Bertz CT molecular complexity index is 731. The summed E-state index contributed by atoms with van der Waals surface area (Å²) in [4.78, 5) is 14.0. The van der Waals surface area contributed by atoms with Crippen LogP contribution in [0.3, 0.4) is 0 Å². The molecule has 3 rings (SSSR count). The Labute approximate surface area is 148 Å². The van der Waals surface area contributed by atoms with Crippen LogP contribution in [0.25, 0.3) is 0 Å². The molecule has 1 amide bonds. The number of carbonyl (C=O) groups is 1. The van der Waals surface area contributed by atoms with Gasteiger partial charge in [0.15, 0.2) is 6.61 Å². The summed E-state index contributed by atoms with van der Waals surface area (Å²) in [6, 6.07) is 15.5. The fourth-order valence-electron chi connectivity index (χ4n) is 2.88. The van der Waals surface area contributed by atoms with Crippen LogP contribution in [0, 0.1) is 0 Å². The zero-order chi connectivity index (χ0) is 17.6. The van der Waals surface area contributed by atoms with Crippen molar-refractivity contribution in [3.63, 3.8) is 0 Å². The number of benzene rings is 2. The molecule has 0 bridgehead atoms. The smallest absolute Gasteiger partial charge is 0.260 e. The van der Waals surface area contributed by atoms with E-state index in [4.69, 9.17) is 14.2 Å². The molecule has 0 saturated carbocycles. The highest BCUT2D eigenvalue weighted by Crippen LogP contribution is 2.21. The molecule has 0 aromatic heterocycles. The van der Waals surface area contributed by atoms with E-state index in [9.17, 15) is 4.79 Å². The van der Waals surface area contributed by atoms with Crippen molar-refractivity contribution in [1.29, 1.82) is 0 Å². The first-order chi connectivity index (χ1) is 12.2. The van der Waals surface area contributed by atoms with Crippen molar-refractivity contribution in [2.45, 2.75) is 19.1 Å². The van der Waals surface area contributed by atoms with E-state index in [1.165, 1.54) is 11.1 Å². The van der Waals surface area contributed by atoms with Crippen molar-refractivity contribution >= 4 is 5.91 Å². The SMILES string of the molecule is COc1cccc(OCC(=O)N(C)CC2Cc3ccccc3CO2)c1. The van der Waals surface area contributed by atoms with E-state index >= 15 is 0 Å². The largest absolute Gasteiger partial charge is 0.497 e. The normalized spacial score (nSPS) is 16.0. The third kappa shape index (κ3) is 4.51. The predicted molar refractivity (Wildman–Crippen MR) is 94.8 cm³/mol. The van der Waals surface area contributed by atoms with E-state index in [0.717, 1.165) is 6.42 Å². The lowest BCUT2D eigenvalue weighted by Crippen LogP contribution is -2.40. The lowest BCUT2D eigenvalue weighted by molar-refractivity contribution is -0.134. The molecule has 0 N–H and O–H groups in total. The molecule has 1 aliphatic rings. The Kier molecular flexibility index (Phi) is 5.56. The third-order valence-electron chi connectivity index (χ3n) is 4.35. The lowest BCUT2D eigenvalue weighted by atomic mass is 9.99. The maximum atomic E-state index is 12.3. The Balaban J connectivity index is 1.49. The van der Waals surface area contributed by atoms with Crippen molar-refractivity contribution in [2.75, 3.05) is 27.3 Å². The van der Waals surface area contributed by atoms with Crippen molar-refractivity contribution < 1.29 is 19.0 Å². The maximum Gasteiger partial charge on any atom is 0.260 e. The number of methoxy groups -OCH3 is 1. The molecular weight excluding hydrogens is 318 g/mol. The zero-order valence-electron chi connectivity index (χ0n) is 14.6. The van der Waals surface area contributed by atoms with Crippen LogP contribution >= 0.6 is 0 Å². The number of ether oxygens (including phenoxy) is 3. The van der Waals surface area contributed by atoms with Gasteiger partial charge in [0.05, 0.1) is 19.8 Å².